The maximum absolute atomic E-state index is 13.2. The number of rotatable bonds is 5. The van der Waals surface area contributed by atoms with E-state index in [1.165, 1.54) is 11.4 Å². The molecule has 8 heteroatoms. The molecule has 2 aromatic carbocycles. The number of amides is 1. The molecule has 0 aliphatic carbocycles. The molecule has 7 nitrogen and oxygen atoms in total. The molecule has 1 amide bonds. The fourth-order valence-corrected chi connectivity index (χ4v) is 5.57. The summed E-state index contributed by atoms with van der Waals surface area (Å²) in [7, 11) is -2.07. The SMILES string of the molecule is COc1ccc(S(=O)(=O)N2CCN(C(=O)c3cc(C)n(-c4ccccc4)c3C)CC2)cc1. The first-order chi connectivity index (χ1) is 15.3. The Kier molecular flexibility index (Phi) is 6.08. The van der Waals surface area contributed by atoms with Crippen LogP contribution in [0, 0.1) is 13.8 Å². The molecule has 0 radical (unpaired) electrons. The van der Waals surface area contributed by atoms with E-state index in [1.807, 2.05) is 50.2 Å². The van der Waals surface area contributed by atoms with Gasteiger partial charge in [-0.3, -0.25) is 4.79 Å². The number of sulfonamides is 1. The van der Waals surface area contributed by atoms with Crippen LogP contribution >= 0.6 is 0 Å². The van der Waals surface area contributed by atoms with E-state index in [9.17, 15) is 13.2 Å². The van der Waals surface area contributed by atoms with E-state index in [0.717, 1.165) is 17.1 Å². The van der Waals surface area contributed by atoms with Gasteiger partial charge >= 0.3 is 0 Å². The van der Waals surface area contributed by atoms with Crippen LogP contribution < -0.4 is 4.74 Å². The monoisotopic (exact) mass is 453 g/mol. The van der Waals surface area contributed by atoms with E-state index in [2.05, 4.69) is 4.57 Å². The zero-order chi connectivity index (χ0) is 22.9. The molecule has 1 aliphatic rings. The van der Waals surface area contributed by atoms with Gasteiger partial charge in [-0.05, 0) is 56.3 Å². The van der Waals surface area contributed by atoms with Gasteiger partial charge in [0.05, 0.1) is 17.6 Å². The van der Waals surface area contributed by atoms with Crippen molar-refractivity contribution in [3.8, 4) is 11.4 Å². The molecular formula is C24H27N3O4S. The number of benzene rings is 2. The van der Waals surface area contributed by atoms with Gasteiger partial charge in [-0.2, -0.15) is 4.31 Å². The number of nitrogens with zero attached hydrogens (tertiary/aromatic N) is 3. The summed E-state index contributed by atoms with van der Waals surface area (Å²) in [4.78, 5) is 15.2. The van der Waals surface area contributed by atoms with Crippen LogP contribution in [0.5, 0.6) is 5.75 Å². The van der Waals surface area contributed by atoms with Crippen LogP contribution in [0.15, 0.2) is 65.6 Å². The van der Waals surface area contributed by atoms with Crippen molar-refractivity contribution < 1.29 is 17.9 Å². The molecule has 0 atom stereocenters. The first-order valence-corrected chi connectivity index (χ1v) is 11.9. The number of ether oxygens (including phenoxy) is 1. The first-order valence-electron chi connectivity index (χ1n) is 10.5. The average molecular weight is 454 g/mol. The van der Waals surface area contributed by atoms with Gasteiger partial charge in [0.1, 0.15) is 5.75 Å². The third-order valence-electron chi connectivity index (χ3n) is 5.90. The molecule has 3 aromatic rings. The molecule has 1 saturated heterocycles. The molecule has 32 heavy (non-hydrogen) atoms. The fourth-order valence-electron chi connectivity index (χ4n) is 4.15. The molecule has 168 valence electrons. The minimum absolute atomic E-state index is 0.0678. The van der Waals surface area contributed by atoms with Gasteiger partial charge in [-0.1, -0.05) is 18.2 Å². The van der Waals surface area contributed by atoms with Gasteiger partial charge in [0.15, 0.2) is 0 Å². The lowest BCUT2D eigenvalue weighted by atomic mass is 10.2. The summed E-state index contributed by atoms with van der Waals surface area (Å²) in [5.41, 5.74) is 3.53. The van der Waals surface area contributed by atoms with E-state index < -0.39 is 10.0 Å². The summed E-state index contributed by atoms with van der Waals surface area (Å²) < 4.78 is 34.5. The lowest BCUT2D eigenvalue weighted by molar-refractivity contribution is 0.0697. The molecule has 1 fully saturated rings. The molecule has 0 N–H and O–H groups in total. The number of hydrogen-bond donors (Lipinski definition) is 0. The highest BCUT2D eigenvalue weighted by atomic mass is 32.2. The van der Waals surface area contributed by atoms with Crippen molar-refractivity contribution in [2.24, 2.45) is 0 Å². The van der Waals surface area contributed by atoms with Gasteiger partial charge in [-0.15, -0.1) is 0 Å². The Bertz CT molecular complexity index is 1210. The number of methoxy groups -OCH3 is 1. The number of carbonyl (C=O) groups is 1. The zero-order valence-electron chi connectivity index (χ0n) is 18.5. The third-order valence-corrected chi connectivity index (χ3v) is 7.81. The summed E-state index contributed by atoms with van der Waals surface area (Å²) in [5.74, 6) is 0.536. The highest BCUT2D eigenvalue weighted by Gasteiger charge is 2.31. The van der Waals surface area contributed by atoms with Crippen LogP contribution in [0.3, 0.4) is 0 Å². The molecule has 1 aromatic heterocycles. The van der Waals surface area contributed by atoms with Gasteiger partial charge in [0.25, 0.3) is 5.91 Å². The van der Waals surface area contributed by atoms with E-state index in [-0.39, 0.29) is 23.9 Å². The average Bonchev–Trinajstić information content (AvgIpc) is 3.13. The number of para-hydroxylation sites is 1. The van der Waals surface area contributed by atoms with Crippen LogP contribution in [0.2, 0.25) is 0 Å². The van der Waals surface area contributed by atoms with Crippen LogP contribution in [0.4, 0.5) is 0 Å². The van der Waals surface area contributed by atoms with Crippen LogP contribution in [0.1, 0.15) is 21.7 Å². The largest absolute Gasteiger partial charge is 0.497 e. The number of hydrogen-bond acceptors (Lipinski definition) is 4. The quantitative estimate of drug-likeness (QED) is 0.595. The van der Waals surface area contributed by atoms with E-state index >= 15 is 0 Å². The van der Waals surface area contributed by atoms with Crippen LogP contribution in [0.25, 0.3) is 5.69 Å². The zero-order valence-corrected chi connectivity index (χ0v) is 19.3. The predicted octanol–water partition coefficient (Wildman–Crippen LogP) is 3.25. The number of aromatic nitrogens is 1. The molecule has 0 bridgehead atoms. The van der Waals surface area contributed by atoms with Crippen molar-refractivity contribution in [3.05, 3.63) is 77.6 Å². The summed E-state index contributed by atoms with van der Waals surface area (Å²) in [6.45, 7) is 5.15. The van der Waals surface area contributed by atoms with Gasteiger partial charge in [0, 0.05) is 43.3 Å². The van der Waals surface area contributed by atoms with Gasteiger partial charge in [0.2, 0.25) is 10.0 Å². The summed E-state index contributed by atoms with van der Waals surface area (Å²) in [6, 6.07) is 18.2. The summed E-state index contributed by atoms with van der Waals surface area (Å²) in [5, 5.41) is 0. The Morgan fingerprint density at radius 2 is 1.53 bits per heavy atom. The van der Waals surface area contributed by atoms with Crippen LogP contribution in [-0.4, -0.2) is 61.4 Å². The topological polar surface area (TPSA) is 71.9 Å². The van der Waals surface area contributed by atoms with Crippen molar-refractivity contribution >= 4 is 15.9 Å². The lowest BCUT2D eigenvalue weighted by Gasteiger charge is -2.34. The fraction of sp³-hybridized carbons (Fsp3) is 0.292. The summed E-state index contributed by atoms with van der Waals surface area (Å²) in [6.07, 6.45) is 0. The highest BCUT2D eigenvalue weighted by molar-refractivity contribution is 7.89. The molecular weight excluding hydrogens is 426 g/mol. The lowest BCUT2D eigenvalue weighted by Crippen LogP contribution is -2.50. The highest BCUT2D eigenvalue weighted by Crippen LogP contribution is 2.24. The Balaban J connectivity index is 1.48. The van der Waals surface area contributed by atoms with Crippen molar-refractivity contribution in [1.29, 1.82) is 0 Å². The predicted molar refractivity (Wildman–Crippen MR) is 123 cm³/mol. The van der Waals surface area contributed by atoms with Crippen molar-refractivity contribution in [2.45, 2.75) is 18.7 Å². The van der Waals surface area contributed by atoms with Crippen molar-refractivity contribution in [1.82, 2.24) is 13.8 Å². The van der Waals surface area contributed by atoms with Gasteiger partial charge < -0.3 is 14.2 Å². The van der Waals surface area contributed by atoms with E-state index in [0.29, 0.717) is 24.4 Å². The maximum atomic E-state index is 13.2. The van der Waals surface area contributed by atoms with Crippen molar-refractivity contribution in [2.75, 3.05) is 33.3 Å². The number of carbonyl (C=O) groups excluding carboxylic acids is 1. The minimum atomic E-state index is -3.61. The Morgan fingerprint density at radius 1 is 0.906 bits per heavy atom. The van der Waals surface area contributed by atoms with Crippen LogP contribution in [-0.2, 0) is 10.0 Å². The minimum Gasteiger partial charge on any atom is -0.497 e. The maximum Gasteiger partial charge on any atom is 0.255 e. The second-order valence-electron chi connectivity index (χ2n) is 7.83. The number of piperazine rings is 1. The second kappa shape index (κ2) is 8.80. The van der Waals surface area contributed by atoms with E-state index in [1.54, 1.807) is 29.2 Å². The van der Waals surface area contributed by atoms with E-state index in [4.69, 9.17) is 4.74 Å². The molecule has 2 heterocycles. The number of aryl methyl sites for hydroxylation is 1. The summed E-state index contributed by atoms with van der Waals surface area (Å²) >= 11 is 0. The molecule has 0 saturated carbocycles. The smallest absolute Gasteiger partial charge is 0.255 e. The standard InChI is InChI=1S/C24H27N3O4S/c1-18-17-23(19(2)27(18)20-7-5-4-6-8-20)24(28)25-13-15-26(16-14-25)32(29,30)22-11-9-21(31-3)10-12-22/h4-12,17H,13-16H2,1-3H3. The Labute approximate surface area is 188 Å². The molecule has 0 spiro atoms. The van der Waals surface area contributed by atoms with Crippen molar-refractivity contribution in [3.63, 3.8) is 0 Å². The second-order valence-corrected chi connectivity index (χ2v) is 9.77. The molecule has 0 unspecified atom stereocenters. The molecule has 4 rings (SSSR count). The van der Waals surface area contributed by atoms with Gasteiger partial charge in [-0.25, -0.2) is 8.42 Å². The third kappa shape index (κ3) is 4.03. The Hall–Kier alpha value is -3.10. The Morgan fingerprint density at radius 3 is 2.12 bits per heavy atom. The first kappa shape index (κ1) is 22.1. The normalized spacial score (nSPS) is 15.0. The molecule has 1 aliphatic heterocycles.